The number of carbonyl (C=O) groups is 1. The van der Waals surface area contributed by atoms with Gasteiger partial charge in [0.1, 0.15) is 5.69 Å². The number of likely N-dealkylation sites (tertiary alicyclic amines) is 1. The van der Waals surface area contributed by atoms with Crippen LogP contribution in [0.1, 0.15) is 41.6 Å². The van der Waals surface area contributed by atoms with Crippen LogP contribution in [0, 0.1) is 6.92 Å². The first-order valence-corrected chi connectivity index (χ1v) is 7.23. The molecular formula is C13H17N3OS. The zero-order chi connectivity index (χ0) is 12.7. The summed E-state index contributed by atoms with van der Waals surface area (Å²) in [5, 5.41) is 0. The maximum absolute atomic E-state index is 12.4. The number of hydrogen-bond acceptors (Lipinski definition) is 3. The normalized spacial score (nSPS) is 20.6. The minimum atomic E-state index is 0.0794. The Balaban J connectivity index is 1.88. The fourth-order valence-electron chi connectivity index (χ4n) is 2.56. The summed E-state index contributed by atoms with van der Waals surface area (Å²) in [7, 11) is 0. The lowest BCUT2D eigenvalue weighted by molar-refractivity contribution is 0.0630. The number of rotatable bonds is 1. The Morgan fingerprint density at radius 3 is 3.00 bits per heavy atom. The van der Waals surface area contributed by atoms with Crippen molar-refractivity contribution in [2.24, 2.45) is 0 Å². The summed E-state index contributed by atoms with van der Waals surface area (Å²) in [6.07, 6.45) is 7.30. The Labute approximate surface area is 110 Å². The Bertz CT molecular complexity index is 555. The summed E-state index contributed by atoms with van der Waals surface area (Å²) in [6.45, 7) is 5.04. The standard InChI is InChI=1S/C13H17N3OS/c1-9-5-3-4-6-16(9)12(17)11-8-15-7-10(2)18-13(15)14-11/h7-9H,3-6H2,1-2H3. The molecule has 2 aromatic heterocycles. The predicted octanol–water partition coefficient (Wildman–Crippen LogP) is 2.72. The van der Waals surface area contributed by atoms with Crippen molar-refractivity contribution in [3.05, 3.63) is 23.0 Å². The van der Waals surface area contributed by atoms with Crippen molar-refractivity contribution in [3.8, 4) is 0 Å². The van der Waals surface area contributed by atoms with E-state index in [0.717, 1.165) is 24.3 Å². The Hall–Kier alpha value is -1.36. The molecule has 4 nitrogen and oxygen atoms in total. The van der Waals surface area contributed by atoms with Crippen molar-refractivity contribution in [3.63, 3.8) is 0 Å². The zero-order valence-electron chi connectivity index (χ0n) is 10.7. The minimum absolute atomic E-state index is 0.0794. The molecule has 1 unspecified atom stereocenters. The summed E-state index contributed by atoms with van der Waals surface area (Å²) in [6, 6.07) is 0.340. The molecule has 1 saturated heterocycles. The summed E-state index contributed by atoms with van der Waals surface area (Å²) >= 11 is 1.62. The summed E-state index contributed by atoms with van der Waals surface area (Å²) in [5.41, 5.74) is 0.579. The second-order valence-electron chi connectivity index (χ2n) is 5.00. The molecule has 3 rings (SSSR count). The number of hydrogen-bond donors (Lipinski definition) is 0. The van der Waals surface area contributed by atoms with Crippen molar-refractivity contribution in [2.75, 3.05) is 6.54 Å². The highest BCUT2D eigenvalue weighted by Crippen LogP contribution is 2.21. The number of aromatic nitrogens is 2. The number of nitrogens with zero attached hydrogens (tertiary/aromatic N) is 3. The second kappa shape index (κ2) is 4.39. The lowest BCUT2D eigenvalue weighted by Crippen LogP contribution is -2.42. The van der Waals surface area contributed by atoms with Gasteiger partial charge in [-0.1, -0.05) is 0 Å². The van der Waals surface area contributed by atoms with Crippen LogP contribution in [-0.2, 0) is 0 Å². The SMILES string of the molecule is Cc1cn2cc(C(=O)N3CCCCC3C)nc2s1. The van der Waals surface area contributed by atoms with E-state index < -0.39 is 0 Å². The van der Waals surface area contributed by atoms with E-state index in [1.165, 1.54) is 11.3 Å². The smallest absolute Gasteiger partial charge is 0.274 e. The van der Waals surface area contributed by atoms with Crippen molar-refractivity contribution in [2.45, 2.75) is 39.2 Å². The molecule has 1 atom stereocenters. The van der Waals surface area contributed by atoms with Crippen LogP contribution >= 0.6 is 11.3 Å². The van der Waals surface area contributed by atoms with Crippen LogP contribution in [0.3, 0.4) is 0 Å². The van der Waals surface area contributed by atoms with E-state index in [4.69, 9.17) is 0 Å². The van der Waals surface area contributed by atoms with E-state index in [1.54, 1.807) is 11.3 Å². The van der Waals surface area contributed by atoms with Crippen LogP contribution in [0.25, 0.3) is 4.96 Å². The number of thiazole rings is 1. The van der Waals surface area contributed by atoms with Gasteiger partial charge in [0.05, 0.1) is 0 Å². The third kappa shape index (κ3) is 1.92. The van der Waals surface area contributed by atoms with Crippen LogP contribution in [0.4, 0.5) is 0 Å². The van der Waals surface area contributed by atoms with E-state index in [-0.39, 0.29) is 5.91 Å². The zero-order valence-corrected chi connectivity index (χ0v) is 11.5. The van der Waals surface area contributed by atoms with Gasteiger partial charge in [-0.05, 0) is 33.1 Å². The van der Waals surface area contributed by atoms with E-state index in [9.17, 15) is 4.79 Å². The lowest BCUT2D eigenvalue weighted by Gasteiger charge is -2.32. The molecule has 1 amide bonds. The van der Waals surface area contributed by atoms with Gasteiger partial charge in [0.25, 0.3) is 5.91 Å². The van der Waals surface area contributed by atoms with E-state index >= 15 is 0 Å². The topological polar surface area (TPSA) is 37.6 Å². The Morgan fingerprint density at radius 2 is 2.28 bits per heavy atom. The second-order valence-corrected chi connectivity index (χ2v) is 6.21. The summed E-state index contributed by atoms with van der Waals surface area (Å²) in [5.74, 6) is 0.0794. The number of carbonyl (C=O) groups excluding carboxylic acids is 1. The molecule has 0 N–H and O–H groups in total. The van der Waals surface area contributed by atoms with Crippen molar-refractivity contribution >= 4 is 22.2 Å². The van der Waals surface area contributed by atoms with Gasteiger partial charge in [0.15, 0.2) is 4.96 Å². The number of amides is 1. The van der Waals surface area contributed by atoms with Crippen molar-refractivity contribution in [1.82, 2.24) is 14.3 Å². The molecule has 1 aliphatic rings. The first kappa shape index (κ1) is 11.7. The monoisotopic (exact) mass is 263 g/mol. The van der Waals surface area contributed by atoms with Gasteiger partial charge >= 0.3 is 0 Å². The maximum Gasteiger partial charge on any atom is 0.274 e. The summed E-state index contributed by atoms with van der Waals surface area (Å²) < 4.78 is 1.95. The van der Waals surface area contributed by atoms with Crippen molar-refractivity contribution in [1.29, 1.82) is 0 Å². The molecule has 1 aliphatic heterocycles. The lowest BCUT2D eigenvalue weighted by atomic mass is 10.0. The molecule has 3 heterocycles. The largest absolute Gasteiger partial charge is 0.335 e. The molecule has 1 fully saturated rings. The van der Waals surface area contributed by atoms with Crippen LogP contribution in [0.15, 0.2) is 12.4 Å². The van der Waals surface area contributed by atoms with Crippen LogP contribution in [0.5, 0.6) is 0 Å². The fraction of sp³-hybridized carbons (Fsp3) is 0.538. The highest BCUT2D eigenvalue weighted by atomic mass is 32.1. The molecule has 0 spiro atoms. The van der Waals surface area contributed by atoms with E-state index in [1.807, 2.05) is 28.6 Å². The van der Waals surface area contributed by atoms with Gasteiger partial charge in [-0.3, -0.25) is 9.20 Å². The van der Waals surface area contributed by atoms with Crippen LogP contribution in [-0.4, -0.2) is 32.8 Å². The van der Waals surface area contributed by atoms with Gasteiger partial charge in [0, 0.05) is 29.9 Å². The molecule has 0 aliphatic carbocycles. The summed E-state index contributed by atoms with van der Waals surface area (Å²) in [4.78, 5) is 20.9. The van der Waals surface area contributed by atoms with Crippen LogP contribution < -0.4 is 0 Å². The van der Waals surface area contributed by atoms with Crippen LogP contribution in [0.2, 0.25) is 0 Å². The Kier molecular flexibility index (Phi) is 2.86. The number of fused-ring (bicyclic) bond motifs is 1. The molecule has 96 valence electrons. The maximum atomic E-state index is 12.4. The number of imidazole rings is 1. The average molecular weight is 263 g/mol. The van der Waals surface area contributed by atoms with E-state index in [0.29, 0.717) is 11.7 Å². The molecule has 0 aromatic carbocycles. The van der Waals surface area contributed by atoms with Gasteiger partial charge in [-0.2, -0.15) is 0 Å². The molecule has 0 saturated carbocycles. The molecular weight excluding hydrogens is 246 g/mol. The molecule has 0 bridgehead atoms. The highest BCUT2D eigenvalue weighted by Gasteiger charge is 2.26. The Morgan fingerprint density at radius 1 is 1.44 bits per heavy atom. The quantitative estimate of drug-likeness (QED) is 0.793. The molecule has 2 aromatic rings. The predicted molar refractivity (Wildman–Crippen MR) is 72.2 cm³/mol. The molecule has 5 heteroatoms. The van der Waals surface area contributed by atoms with E-state index in [2.05, 4.69) is 11.9 Å². The van der Waals surface area contributed by atoms with Gasteiger partial charge in [0.2, 0.25) is 0 Å². The minimum Gasteiger partial charge on any atom is -0.335 e. The average Bonchev–Trinajstić information content (AvgIpc) is 2.85. The first-order chi connectivity index (χ1) is 8.65. The number of aryl methyl sites for hydroxylation is 1. The third-order valence-corrected chi connectivity index (χ3v) is 4.47. The third-order valence-electron chi connectivity index (χ3n) is 3.55. The first-order valence-electron chi connectivity index (χ1n) is 6.41. The van der Waals surface area contributed by atoms with Gasteiger partial charge in [-0.25, -0.2) is 4.98 Å². The highest BCUT2D eigenvalue weighted by molar-refractivity contribution is 7.17. The van der Waals surface area contributed by atoms with Gasteiger partial charge < -0.3 is 4.90 Å². The molecule has 18 heavy (non-hydrogen) atoms. The fourth-order valence-corrected chi connectivity index (χ4v) is 3.37. The molecule has 0 radical (unpaired) electrons. The van der Waals surface area contributed by atoms with Gasteiger partial charge in [-0.15, -0.1) is 11.3 Å². The number of piperidine rings is 1. The van der Waals surface area contributed by atoms with Crippen molar-refractivity contribution < 1.29 is 4.79 Å².